The molecule has 0 aliphatic heterocycles. The molecule has 0 unspecified atom stereocenters. The summed E-state index contributed by atoms with van der Waals surface area (Å²) in [5.41, 5.74) is 16.9. The molecule has 0 atom stereocenters. The van der Waals surface area contributed by atoms with E-state index in [1.54, 1.807) is 6.07 Å². The average Bonchev–Trinajstić information content (AvgIpc) is 1.83. The monoisotopic (exact) mass is 196 g/mol. The van der Waals surface area contributed by atoms with Crippen LogP contribution in [0.25, 0.3) is 0 Å². The lowest BCUT2D eigenvalue weighted by Crippen LogP contribution is -2.01. The number of hydrogen-bond donors (Lipinski definition) is 3. The highest BCUT2D eigenvalue weighted by molar-refractivity contribution is 5.85. The van der Waals surface area contributed by atoms with E-state index in [4.69, 9.17) is 17.2 Å². The highest BCUT2D eigenvalue weighted by Crippen LogP contribution is 2.17. The van der Waals surface area contributed by atoms with Crippen molar-refractivity contribution in [3.05, 3.63) is 12.3 Å². The smallest absolute Gasteiger partial charge is 0.148 e. The van der Waals surface area contributed by atoms with Gasteiger partial charge in [0.05, 0.1) is 11.4 Å². The first-order chi connectivity index (χ1) is 4.22. The van der Waals surface area contributed by atoms with Crippen molar-refractivity contribution in [2.45, 2.75) is 0 Å². The third kappa shape index (κ3) is 2.69. The van der Waals surface area contributed by atoms with Crippen LogP contribution in [0.1, 0.15) is 0 Å². The van der Waals surface area contributed by atoms with E-state index < -0.39 is 0 Å². The van der Waals surface area contributed by atoms with E-state index in [0.717, 1.165) is 0 Å². The average molecular weight is 197 g/mol. The summed E-state index contributed by atoms with van der Waals surface area (Å²) < 4.78 is 0. The molecule has 0 saturated carbocycles. The summed E-state index contributed by atoms with van der Waals surface area (Å²) in [6.45, 7) is 0. The molecule has 4 nitrogen and oxygen atoms in total. The molecule has 0 amide bonds. The third-order valence-corrected chi connectivity index (χ3v) is 1.05. The molecule has 1 heterocycles. The molecule has 1 rings (SSSR count). The maximum Gasteiger partial charge on any atom is 0.148 e. The molecule has 0 spiro atoms. The minimum atomic E-state index is 0. The van der Waals surface area contributed by atoms with Crippen LogP contribution in [0.5, 0.6) is 0 Å². The van der Waals surface area contributed by atoms with Gasteiger partial charge in [-0.25, -0.2) is 4.98 Å². The largest absolute Gasteiger partial charge is 0.397 e. The minimum Gasteiger partial charge on any atom is -0.397 e. The predicted molar refractivity (Wildman–Crippen MR) is 52.0 cm³/mol. The Balaban J connectivity index is 0. The van der Waals surface area contributed by atoms with E-state index in [-0.39, 0.29) is 30.6 Å². The van der Waals surface area contributed by atoms with Crippen molar-refractivity contribution in [1.29, 1.82) is 0 Å². The van der Waals surface area contributed by atoms with Crippen LogP contribution in [0.3, 0.4) is 0 Å². The molecule has 0 radical (unpaired) electrons. The molecule has 0 fully saturated rings. The molecule has 0 aliphatic carbocycles. The number of nitrogens with zero attached hydrogens (tertiary/aromatic N) is 1. The molecule has 0 aliphatic rings. The highest BCUT2D eigenvalue weighted by atomic mass is 35.5. The number of rotatable bonds is 0. The van der Waals surface area contributed by atoms with Crippen molar-refractivity contribution >= 4 is 42.0 Å². The number of nitrogens with two attached hydrogens (primary N) is 3. The molecule has 64 valence electrons. The molecule has 0 bridgehead atoms. The molecule has 11 heavy (non-hydrogen) atoms. The van der Waals surface area contributed by atoms with Gasteiger partial charge in [0.2, 0.25) is 0 Å². The third-order valence-electron chi connectivity index (χ3n) is 1.05. The lowest BCUT2D eigenvalue weighted by atomic mass is 10.3. The van der Waals surface area contributed by atoms with Crippen molar-refractivity contribution in [3.63, 3.8) is 0 Å². The van der Waals surface area contributed by atoms with Gasteiger partial charge in [0.15, 0.2) is 0 Å². The Morgan fingerprint density at radius 2 is 1.64 bits per heavy atom. The zero-order chi connectivity index (χ0) is 6.85. The highest BCUT2D eigenvalue weighted by Gasteiger charge is 1.96. The second-order valence-corrected chi connectivity index (χ2v) is 1.70. The molecular weight excluding hydrogens is 187 g/mol. The zero-order valence-electron chi connectivity index (χ0n) is 5.65. The second-order valence-electron chi connectivity index (χ2n) is 1.70. The Morgan fingerprint density at radius 1 is 1.09 bits per heavy atom. The summed E-state index contributed by atoms with van der Waals surface area (Å²) in [6.07, 6.45) is 1.51. The van der Waals surface area contributed by atoms with Crippen LogP contribution in [0.4, 0.5) is 17.2 Å². The second kappa shape index (κ2) is 4.87. The number of pyridine rings is 1. The Labute approximate surface area is 77.0 Å². The summed E-state index contributed by atoms with van der Waals surface area (Å²) in [4.78, 5) is 3.71. The summed E-state index contributed by atoms with van der Waals surface area (Å²) in [6, 6.07) is 1.60. The van der Waals surface area contributed by atoms with Gasteiger partial charge < -0.3 is 17.2 Å². The Bertz CT molecular complexity index is 207. The van der Waals surface area contributed by atoms with Gasteiger partial charge in [0.1, 0.15) is 5.82 Å². The molecule has 0 saturated heterocycles. The van der Waals surface area contributed by atoms with E-state index >= 15 is 0 Å². The van der Waals surface area contributed by atoms with Crippen LogP contribution in [0.2, 0.25) is 0 Å². The van der Waals surface area contributed by atoms with E-state index in [1.807, 2.05) is 0 Å². The minimum absolute atomic E-state index is 0. The summed E-state index contributed by atoms with van der Waals surface area (Å²) in [5, 5.41) is 0. The van der Waals surface area contributed by atoms with Gasteiger partial charge in [-0.15, -0.1) is 24.8 Å². The summed E-state index contributed by atoms with van der Waals surface area (Å²) in [7, 11) is 0. The first-order valence-electron chi connectivity index (χ1n) is 2.47. The van der Waals surface area contributed by atoms with Gasteiger partial charge in [0.25, 0.3) is 0 Å². The summed E-state index contributed by atoms with van der Waals surface area (Å²) in [5.74, 6) is 0.287. The van der Waals surface area contributed by atoms with Crippen LogP contribution in [0, 0.1) is 0 Å². The maximum atomic E-state index is 5.38. The lowest BCUT2D eigenvalue weighted by Gasteiger charge is -1.99. The maximum absolute atomic E-state index is 5.38. The SMILES string of the molecule is Cl.Cl.Nc1ccnc(N)c1N. The molecule has 1 aromatic heterocycles. The number of anilines is 3. The molecule has 6 heteroatoms. The first-order valence-corrected chi connectivity index (χ1v) is 2.47. The Morgan fingerprint density at radius 3 is 2.00 bits per heavy atom. The fraction of sp³-hybridized carbons (Fsp3) is 0. The number of nitrogen functional groups attached to an aromatic ring is 3. The number of halogens is 2. The number of hydrogen-bond acceptors (Lipinski definition) is 4. The quantitative estimate of drug-likeness (QED) is 0.570. The molecular formula is C5H10Cl2N4. The topological polar surface area (TPSA) is 90.9 Å². The van der Waals surface area contributed by atoms with E-state index in [0.29, 0.717) is 11.4 Å². The molecule has 6 N–H and O–H groups in total. The van der Waals surface area contributed by atoms with Crippen molar-refractivity contribution < 1.29 is 0 Å². The summed E-state index contributed by atoms with van der Waals surface area (Å²) >= 11 is 0. The lowest BCUT2D eigenvalue weighted by molar-refractivity contribution is 1.34. The standard InChI is InChI=1S/C5H8N4.2ClH/c6-3-1-2-9-5(8)4(3)7;;/h1-2H,7H2,(H4,6,8,9);2*1H. The van der Waals surface area contributed by atoms with Crippen molar-refractivity contribution in [2.75, 3.05) is 17.2 Å². The van der Waals surface area contributed by atoms with Crippen LogP contribution >= 0.6 is 24.8 Å². The van der Waals surface area contributed by atoms with Crippen molar-refractivity contribution in [3.8, 4) is 0 Å². The van der Waals surface area contributed by atoms with Gasteiger partial charge in [-0.2, -0.15) is 0 Å². The van der Waals surface area contributed by atoms with Gasteiger partial charge in [-0.1, -0.05) is 0 Å². The van der Waals surface area contributed by atoms with Crippen molar-refractivity contribution in [1.82, 2.24) is 4.98 Å². The van der Waals surface area contributed by atoms with Gasteiger partial charge in [0, 0.05) is 6.20 Å². The Kier molecular flexibility index (Phi) is 5.66. The fourth-order valence-electron chi connectivity index (χ4n) is 0.505. The molecule has 1 aromatic rings. The van der Waals surface area contributed by atoms with Gasteiger partial charge in [-0.05, 0) is 6.07 Å². The Hall–Kier alpha value is -0.870. The van der Waals surface area contributed by atoms with Crippen LogP contribution in [0.15, 0.2) is 12.3 Å². The fourth-order valence-corrected chi connectivity index (χ4v) is 0.505. The normalized spacial score (nSPS) is 7.64. The van der Waals surface area contributed by atoms with Crippen molar-refractivity contribution in [2.24, 2.45) is 0 Å². The van der Waals surface area contributed by atoms with Crippen LogP contribution in [-0.4, -0.2) is 4.98 Å². The van der Waals surface area contributed by atoms with Crippen LogP contribution in [-0.2, 0) is 0 Å². The van der Waals surface area contributed by atoms with Gasteiger partial charge in [-0.3, -0.25) is 0 Å². The number of aromatic nitrogens is 1. The first kappa shape index (κ1) is 12.8. The van der Waals surface area contributed by atoms with E-state index in [1.165, 1.54) is 6.20 Å². The zero-order valence-corrected chi connectivity index (χ0v) is 7.28. The predicted octanol–water partition coefficient (Wildman–Crippen LogP) is 0.672. The van der Waals surface area contributed by atoms with E-state index in [2.05, 4.69) is 4.98 Å². The molecule has 0 aromatic carbocycles. The van der Waals surface area contributed by atoms with Gasteiger partial charge >= 0.3 is 0 Å². The van der Waals surface area contributed by atoms with E-state index in [9.17, 15) is 0 Å². The van der Waals surface area contributed by atoms with Crippen LogP contribution < -0.4 is 17.2 Å².